The number of amides is 2. The summed E-state index contributed by atoms with van der Waals surface area (Å²) in [5.74, 6) is -0.921. The zero-order valence-corrected chi connectivity index (χ0v) is 24.6. The maximum atomic E-state index is 12.7. The Morgan fingerprint density at radius 3 is 2.45 bits per heavy atom. The van der Waals surface area contributed by atoms with Gasteiger partial charge in [0.25, 0.3) is 0 Å². The van der Waals surface area contributed by atoms with Gasteiger partial charge in [-0.25, -0.2) is 0 Å². The van der Waals surface area contributed by atoms with Gasteiger partial charge in [-0.2, -0.15) is 0 Å². The molecule has 0 bridgehead atoms. The third-order valence-corrected chi connectivity index (χ3v) is 7.46. The summed E-state index contributed by atoms with van der Waals surface area (Å²) < 4.78 is 5.39. The lowest BCUT2D eigenvalue weighted by atomic mass is 9.72. The molecular formula is C33H45N3O4. The molecule has 40 heavy (non-hydrogen) atoms. The number of hydrogen-bond donors (Lipinski definition) is 3. The molecule has 3 N–H and O–H groups in total. The molecule has 1 fully saturated rings. The van der Waals surface area contributed by atoms with Crippen LogP contribution in [0.4, 0.5) is 11.4 Å². The van der Waals surface area contributed by atoms with E-state index >= 15 is 0 Å². The highest BCUT2D eigenvalue weighted by molar-refractivity contribution is 5.99. The number of nitrogens with one attached hydrogen (secondary N) is 2. The van der Waals surface area contributed by atoms with Gasteiger partial charge < -0.3 is 25.4 Å². The SMILES string of the molecule is CC(C=CC1=C(C)CCCC1(C)C)=CC=CC(C)=CC(=O)N[C@@H](CO)C(=O)Nc1ccc(N2CCOCC2)cc1. The fraction of sp³-hybridized carbons (Fsp3) is 0.455. The fourth-order valence-corrected chi connectivity index (χ4v) is 5.10. The Hall–Kier alpha value is -3.42. The van der Waals surface area contributed by atoms with E-state index < -0.39 is 24.5 Å². The minimum atomic E-state index is -1.06. The molecule has 1 aromatic carbocycles. The molecule has 1 heterocycles. The quantitative estimate of drug-likeness (QED) is 0.267. The van der Waals surface area contributed by atoms with Crippen LogP contribution in [-0.2, 0) is 14.3 Å². The van der Waals surface area contributed by atoms with Crippen molar-refractivity contribution in [2.45, 2.75) is 59.9 Å². The normalized spacial score (nSPS) is 19.3. The number of carbonyl (C=O) groups is 2. The van der Waals surface area contributed by atoms with E-state index in [1.807, 2.05) is 49.4 Å². The van der Waals surface area contributed by atoms with Gasteiger partial charge in [0.15, 0.2) is 0 Å². The van der Waals surface area contributed by atoms with Gasteiger partial charge in [-0.1, -0.05) is 55.4 Å². The predicted molar refractivity (Wildman–Crippen MR) is 163 cm³/mol. The van der Waals surface area contributed by atoms with Crippen molar-refractivity contribution in [1.29, 1.82) is 0 Å². The standard InChI is InChI=1S/C33H45N3O4/c1-24(11-16-29-26(3)10-7-17-33(29,4)5)8-6-9-25(2)22-31(38)35-30(23-37)32(39)34-27-12-14-28(15-13-27)36-18-20-40-21-19-36/h6,8-9,11-16,22,30,37H,7,10,17-21,23H2,1-5H3,(H,34,39)(H,35,38)/t30-/m0/s1. The Balaban J connectivity index is 1.51. The number of morpholine rings is 1. The molecule has 1 aliphatic heterocycles. The molecule has 3 rings (SSSR count). The van der Waals surface area contributed by atoms with Crippen molar-refractivity contribution in [3.63, 3.8) is 0 Å². The van der Waals surface area contributed by atoms with Crippen LogP contribution in [0.25, 0.3) is 0 Å². The lowest BCUT2D eigenvalue weighted by Crippen LogP contribution is -2.45. The first-order valence-corrected chi connectivity index (χ1v) is 14.2. The molecule has 0 aromatic heterocycles. The first-order chi connectivity index (χ1) is 19.1. The van der Waals surface area contributed by atoms with Crippen LogP contribution in [0.2, 0.25) is 0 Å². The fourth-order valence-electron chi connectivity index (χ4n) is 5.10. The van der Waals surface area contributed by atoms with Gasteiger partial charge in [0.05, 0.1) is 19.8 Å². The van der Waals surface area contributed by atoms with Gasteiger partial charge >= 0.3 is 0 Å². The van der Waals surface area contributed by atoms with Crippen molar-refractivity contribution in [2.75, 3.05) is 43.1 Å². The van der Waals surface area contributed by atoms with Crippen LogP contribution in [0.15, 0.2) is 83.0 Å². The monoisotopic (exact) mass is 547 g/mol. The second-order valence-electron chi connectivity index (χ2n) is 11.3. The topological polar surface area (TPSA) is 90.9 Å². The molecule has 2 amide bonds. The molecule has 2 aliphatic rings. The summed E-state index contributed by atoms with van der Waals surface area (Å²) in [5, 5.41) is 15.1. The third kappa shape index (κ3) is 9.35. The maximum absolute atomic E-state index is 12.7. The van der Waals surface area contributed by atoms with E-state index in [0.29, 0.717) is 18.9 Å². The van der Waals surface area contributed by atoms with E-state index in [1.54, 1.807) is 0 Å². The summed E-state index contributed by atoms with van der Waals surface area (Å²) in [6.07, 6.45) is 15.2. The van der Waals surface area contributed by atoms with Crippen LogP contribution in [-0.4, -0.2) is 55.9 Å². The van der Waals surface area contributed by atoms with Crippen molar-refractivity contribution in [3.8, 4) is 0 Å². The Labute approximate surface area is 239 Å². The van der Waals surface area contributed by atoms with Gasteiger partial charge in [0.1, 0.15) is 6.04 Å². The lowest BCUT2D eigenvalue weighted by Gasteiger charge is -2.32. The number of carbonyl (C=O) groups excluding carboxylic acids is 2. The van der Waals surface area contributed by atoms with Gasteiger partial charge in [-0.15, -0.1) is 0 Å². The Bertz CT molecular complexity index is 1180. The number of ether oxygens (including phenoxy) is 1. The zero-order chi connectivity index (χ0) is 29.1. The van der Waals surface area contributed by atoms with Crippen molar-refractivity contribution in [3.05, 3.63) is 83.0 Å². The number of rotatable bonds is 10. The highest BCUT2D eigenvalue weighted by Crippen LogP contribution is 2.40. The summed E-state index contributed by atoms with van der Waals surface area (Å²) in [5.41, 5.74) is 6.60. The number of benzene rings is 1. The lowest BCUT2D eigenvalue weighted by molar-refractivity contribution is -0.124. The largest absolute Gasteiger partial charge is 0.394 e. The van der Waals surface area contributed by atoms with Crippen LogP contribution in [0.5, 0.6) is 0 Å². The molecule has 1 aromatic rings. The number of aliphatic hydroxyl groups is 1. The number of anilines is 2. The molecule has 1 aliphatic carbocycles. The maximum Gasteiger partial charge on any atom is 0.249 e. The number of nitrogens with zero attached hydrogens (tertiary/aromatic N) is 1. The zero-order valence-electron chi connectivity index (χ0n) is 24.6. The van der Waals surface area contributed by atoms with Crippen LogP contribution < -0.4 is 15.5 Å². The summed E-state index contributed by atoms with van der Waals surface area (Å²) in [7, 11) is 0. The van der Waals surface area contributed by atoms with Crippen LogP contribution >= 0.6 is 0 Å². The van der Waals surface area contributed by atoms with Crippen LogP contribution in [0.3, 0.4) is 0 Å². The number of allylic oxidation sites excluding steroid dienone is 9. The Kier molecular flexibility index (Phi) is 11.5. The third-order valence-electron chi connectivity index (χ3n) is 7.46. The summed E-state index contributed by atoms with van der Waals surface area (Å²) in [4.78, 5) is 27.4. The second kappa shape index (κ2) is 14.8. The van der Waals surface area contributed by atoms with Crippen molar-refractivity contribution >= 4 is 23.2 Å². The molecule has 1 saturated heterocycles. The number of hydrogen-bond acceptors (Lipinski definition) is 5. The van der Waals surface area contributed by atoms with Gasteiger partial charge in [-0.3, -0.25) is 9.59 Å². The van der Waals surface area contributed by atoms with Crippen LogP contribution in [0.1, 0.15) is 53.9 Å². The van der Waals surface area contributed by atoms with Gasteiger partial charge in [0.2, 0.25) is 11.8 Å². The molecule has 0 radical (unpaired) electrons. The van der Waals surface area contributed by atoms with E-state index in [9.17, 15) is 14.7 Å². The highest BCUT2D eigenvalue weighted by atomic mass is 16.5. The Morgan fingerprint density at radius 2 is 1.80 bits per heavy atom. The summed E-state index contributed by atoms with van der Waals surface area (Å²) >= 11 is 0. The van der Waals surface area contributed by atoms with Gasteiger partial charge in [-0.05, 0) is 80.9 Å². The first-order valence-electron chi connectivity index (χ1n) is 14.2. The molecule has 0 spiro atoms. The second-order valence-corrected chi connectivity index (χ2v) is 11.3. The molecule has 0 saturated carbocycles. The summed E-state index contributed by atoms with van der Waals surface area (Å²) in [6.45, 7) is 13.3. The molecule has 7 nitrogen and oxygen atoms in total. The predicted octanol–water partition coefficient (Wildman–Crippen LogP) is 5.47. The minimum absolute atomic E-state index is 0.207. The van der Waals surface area contributed by atoms with Crippen LogP contribution in [0, 0.1) is 5.41 Å². The smallest absolute Gasteiger partial charge is 0.249 e. The average molecular weight is 548 g/mol. The van der Waals surface area contributed by atoms with E-state index in [-0.39, 0.29) is 5.41 Å². The first kappa shape index (κ1) is 31.1. The molecule has 1 atom stereocenters. The number of aliphatic hydroxyl groups excluding tert-OH is 1. The highest BCUT2D eigenvalue weighted by Gasteiger charge is 2.26. The molecule has 0 unspecified atom stereocenters. The summed E-state index contributed by atoms with van der Waals surface area (Å²) in [6, 6.07) is 6.44. The van der Waals surface area contributed by atoms with E-state index in [1.165, 1.54) is 36.5 Å². The Morgan fingerprint density at radius 1 is 1.10 bits per heavy atom. The van der Waals surface area contributed by atoms with Crippen molar-refractivity contribution in [1.82, 2.24) is 5.32 Å². The molecule has 216 valence electrons. The minimum Gasteiger partial charge on any atom is -0.394 e. The molecular weight excluding hydrogens is 502 g/mol. The van der Waals surface area contributed by atoms with E-state index in [0.717, 1.165) is 29.9 Å². The van der Waals surface area contributed by atoms with Crippen molar-refractivity contribution < 1.29 is 19.4 Å². The van der Waals surface area contributed by atoms with Crippen molar-refractivity contribution in [2.24, 2.45) is 5.41 Å². The van der Waals surface area contributed by atoms with E-state index in [4.69, 9.17) is 4.74 Å². The van der Waals surface area contributed by atoms with Gasteiger partial charge in [0, 0.05) is 30.5 Å². The van der Waals surface area contributed by atoms with E-state index in [2.05, 4.69) is 55.4 Å². The average Bonchev–Trinajstić information content (AvgIpc) is 2.92. The molecule has 7 heteroatoms.